The number of rotatable bonds is 5. The van der Waals surface area contributed by atoms with Gasteiger partial charge in [-0.3, -0.25) is 14.9 Å². The van der Waals surface area contributed by atoms with Gasteiger partial charge >= 0.3 is 6.03 Å². The zero-order valence-corrected chi connectivity index (χ0v) is 20.0. The normalized spacial score (nSPS) is 14.9. The molecule has 1 aliphatic rings. The van der Waals surface area contributed by atoms with Gasteiger partial charge in [0.05, 0.1) is 5.69 Å². The van der Waals surface area contributed by atoms with Crippen molar-refractivity contribution < 1.29 is 19.1 Å². The van der Waals surface area contributed by atoms with Crippen molar-refractivity contribution in [1.82, 2.24) is 5.32 Å². The van der Waals surface area contributed by atoms with Gasteiger partial charge in [-0.25, -0.2) is 9.69 Å². The van der Waals surface area contributed by atoms with E-state index in [-0.39, 0.29) is 5.57 Å². The molecule has 172 valence electrons. The average molecular weight is 527 g/mol. The predicted octanol–water partition coefficient (Wildman–Crippen LogP) is 5.85. The summed E-state index contributed by atoms with van der Waals surface area (Å²) in [4.78, 5) is 39.6. The number of para-hydroxylation sites is 1. The van der Waals surface area contributed by atoms with Gasteiger partial charge in [0, 0.05) is 10.0 Å². The number of nitrogens with one attached hydrogen (secondary N) is 1. The minimum atomic E-state index is -0.784. The van der Waals surface area contributed by atoms with E-state index in [1.807, 2.05) is 60.7 Å². The maximum atomic E-state index is 13.3. The molecular formula is C28H19BrN2O4. The summed E-state index contributed by atoms with van der Waals surface area (Å²) >= 11 is 3.43. The Morgan fingerprint density at radius 2 is 1.54 bits per heavy atom. The quantitative estimate of drug-likeness (QED) is 0.261. The lowest BCUT2D eigenvalue weighted by molar-refractivity contribution is -0.122. The van der Waals surface area contributed by atoms with Crippen LogP contribution in [0.15, 0.2) is 101 Å². The maximum Gasteiger partial charge on any atom is 0.335 e. The van der Waals surface area contributed by atoms with Crippen molar-refractivity contribution in [2.24, 2.45) is 0 Å². The summed E-state index contributed by atoms with van der Waals surface area (Å²) in [5, 5.41) is 4.02. The van der Waals surface area contributed by atoms with Gasteiger partial charge in [-0.05, 0) is 52.7 Å². The number of imide groups is 2. The molecule has 1 heterocycles. The zero-order valence-electron chi connectivity index (χ0n) is 18.4. The van der Waals surface area contributed by atoms with Crippen molar-refractivity contribution in [1.29, 1.82) is 0 Å². The molecule has 0 radical (unpaired) electrons. The van der Waals surface area contributed by atoms with Crippen LogP contribution in [0.25, 0.3) is 16.8 Å². The number of carbonyl (C=O) groups excluding carboxylic acids is 3. The van der Waals surface area contributed by atoms with Crippen molar-refractivity contribution in [2.75, 3.05) is 4.90 Å². The lowest BCUT2D eigenvalue weighted by Gasteiger charge is -2.26. The zero-order chi connectivity index (χ0) is 24.4. The van der Waals surface area contributed by atoms with E-state index < -0.39 is 17.8 Å². The highest BCUT2D eigenvalue weighted by Crippen LogP contribution is 2.32. The molecule has 4 amide bonds. The van der Waals surface area contributed by atoms with E-state index in [2.05, 4.69) is 21.2 Å². The Bertz CT molecular complexity index is 1480. The van der Waals surface area contributed by atoms with Crippen LogP contribution in [0.4, 0.5) is 10.5 Å². The Morgan fingerprint density at radius 1 is 0.829 bits per heavy atom. The first-order chi connectivity index (χ1) is 17.0. The average Bonchev–Trinajstić information content (AvgIpc) is 2.87. The first kappa shape index (κ1) is 22.6. The molecule has 1 N–H and O–H groups in total. The molecule has 1 aliphatic heterocycles. The molecule has 4 aromatic rings. The lowest BCUT2D eigenvalue weighted by atomic mass is 9.99. The summed E-state index contributed by atoms with van der Waals surface area (Å²) in [5.74, 6) is -0.932. The molecule has 1 fully saturated rings. The fraction of sp³-hybridized carbons (Fsp3) is 0.0357. The largest absolute Gasteiger partial charge is 0.488 e. The highest BCUT2D eigenvalue weighted by atomic mass is 79.9. The van der Waals surface area contributed by atoms with Crippen LogP contribution >= 0.6 is 15.9 Å². The highest BCUT2D eigenvalue weighted by molar-refractivity contribution is 9.10. The monoisotopic (exact) mass is 526 g/mol. The Hall–Kier alpha value is -4.23. The van der Waals surface area contributed by atoms with Gasteiger partial charge < -0.3 is 4.74 Å². The summed E-state index contributed by atoms with van der Waals surface area (Å²) in [7, 11) is 0. The third-order valence-corrected chi connectivity index (χ3v) is 6.17. The molecule has 5 rings (SSSR count). The van der Waals surface area contributed by atoms with Crippen LogP contribution in [0.5, 0.6) is 5.75 Å². The third-order valence-electron chi connectivity index (χ3n) is 5.64. The van der Waals surface area contributed by atoms with E-state index in [1.165, 1.54) is 6.08 Å². The van der Waals surface area contributed by atoms with Crippen LogP contribution in [0.3, 0.4) is 0 Å². The molecule has 0 aromatic heterocycles. The topological polar surface area (TPSA) is 75.7 Å². The summed E-state index contributed by atoms with van der Waals surface area (Å²) in [5.41, 5.74) is 1.77. The Kier molecular flexibility index (Phi) is 6.16. The summed E-state index contributed by atoms with van der Waals surface area (Å²) in [6, 6.07) is 26.8. The lowest BCUT2D eigenvalue weighted by Crippen LogP contribution is -2.54. The Balaban J connectivity index is 1.58. The van der Waals surface area contributed by atoms with Gasteiger partial charge in [0.1, 0.15) is 17.9 Å². The Labute approximate surface area is 209 Å². The minimum absolute atomic E-state index is 0.154. The number of halogens is 1. The minimum Gasteiger partial charge on any atom is -0.488 e. The third kappa shape index (κ3) is 4.58. The Morgan fingerprint density at radius 3 is 2.31 bits per heavy atom. The van der Waals surface area contributed by atoms with Gasteiger partial charge in [-0.15, -0.1) is 0 Å². The number of fused-ring (bicyclic) bond motifs is 1. The van der Waals surface area contributed by atoms with Gasteiger partial charge in [0.2, 0.25) is 0 Å². The number of carbonyl (C=O) groups is 3. The van der Waals surface area contributed by atoms with Gasteiger partial charge in [0.15, 0.2) is 0 Å². The SMILES string of the molecule is O=C1NC(=O)N(c2ccccc2)C(=O)/C1=C/c1c(OCc2ccc(Br)cc2)ccc2ccccc12. The molecule has 0 aliphatic carbocycles. The number of hydrogen-bond acceptors (Lipinski definition) is 4. The summed E-state index contributed by atoms with van der Waals surface area (Å²) in [6.07, 6.45) is 1.50. The number of barbiturate groups is 1. The first-order valence-corrected chi connectivity index (χ1v) is 11.7. The molecule has 0 unspecified atom stereocenters. The second-order valence-corrected chi connectivity index (χ2v) is 8.82. The van der Waals surface area contributed by atoms with Gasteiger partial charge in [0.25, 0.3) is 11.8 Å². The second-order valence-electron chi connectivity index (χ2n) is 7.91. The summed E-state index contributed by atoms with van der Waals surface area (Å²) < 4.78 is 7.10. The van der Waals surface area contributed by atoms with E-state index in [0.717, 1.165) is 25.7 Å². The fourth-order valence-electron chi connectivity index (χ4n) is 3.91. The van der Waals surface area contributed by atoms with Crippen LogP contribution in [0, 0.1) is 0 Å². The molecule has 0 atom stereocenters. The molecule has 1 saturated heterocycles. The van der Waals surface area contributed by atoms with E-state index in [1.54, 1.807) is 30.3 Å². The van der Waals surface area contributed by atoms with Gasteiger partial charge in [-0.1, -0.05) is 76.6 Å². The molecular weight excluding hydrogens is 508 g/mol. The summed E-state index contributed by atoms with van der Waals surface area (Å²) in [6.45, 7) is 0.302. The number of amides is 4. The van der Waals surface area contributed by atoms with Crippen molar-refractivity contribution in [3.63, 3.8) is 0 Å². The van der Waals surface area contributed by atoms with E-state index >= 15 is 0 Å². The van der Waals surface area contributed by atoms with Crippen molar-refractivity contribution in [3.05, 3.63) is 112 Å². The standard InChI is InChI=1S/C28H19BrN2O4/c29-20-13-10-18(11-14-20)17-35-25-15-12-19-6-4-5-9-22(19)23(25)16-24-26(32)30-28(34)31(27(24)33)21-7-2-1-3-8-21/h1-16H,17H2,(H,30,32,34)/b24-16+. The molecule has 6 nitrogen and oxygen atoms in total. The van der Waals surface area contributed by atoms with Crippen LogP contribution in [0.1, 0.15) is 11.1 Å². The molecule has 0 saturated carbocycles. The second kappa shape index (κ2) is 9.56. The van der Waals surface area contributed by atoms with Crippen LogP contribution in [-0.4, -0.2) is 17.8 Å². The number of anilines is 1. The number of nitrogens with zero attached hydrogens (tertiary/aromatic N) is 1. The highest BCUT2D eigenvalue weighted by Gasteiger charge is 2.37. The molecule has 4 aromatic carbocycles. The van der Waals surface area contributed by atoms with Crippen LogP contribution in [0.2, 0.25) is 0 Å². The maximum absolute atomic E-state index is 13.3. The van der Waals surface area contributed by atoms with E-state index in [9.17, 15) is 14.4 Å². The van der Waals surface area contributed by atoms with E-state index in [4.69, 9.17) is 4.74 Å². The van der Waals surface area contributed by atoms with Gasteiger partial charge in [-0.2, -0.15) is 0 Å². The number of benzene rings is 4. The number of hydrogen-bond donors (Lipinski definition) is 1. The smallest absolute Gasteiger partial charge is 0.335 e. The number of urea groups is 1. The fourth-order valence-corrected chi connectivity index (χ4v) is 4.17. The first-order valence-electron chi connectivity index (χ1n) is 10.9. The number of ether oxygens (including phenoxy) is 1. The predicted molar refractivity (Wildman–Crippen MR) is 138 cm³/mol. The molecule has 0 spiro atoms. The van der Waals surface area contributed by atoms with Crippen LogP contribution in [-0.2, 0) is 16.2 Å². The van der Waals surface area contributed by atoms with Crippen molar-refractivity contribution in [3.8, 4) is 5.75 Å². The molecule has 0 bridgehead atoms. The van der Waals surface area contributed by atoms with Crippen molar-refractivity contribution in [2.45, 2.75) is 6.61 Å². The van der Waals surface area contributed by atoms with Crippen molar-refractivity contribution >= 4 is 56.3 Å². The van der Waals surface area contributed by atoms with Crippen LogP contribution < -0.4 is 15.0 Å². The molecule has 35 heavy (non-hydrogen) atoms. The van der Waals surface area contributed by atoms with E-state index in [0.29, 0.717) is 23.6 Å². The molecule has 7 heteroatoms.